The molecule has 3 aromatic carbocycles. The van der Waals surface area contributed by atoms with Crippen molar-refractivity contribution in [1.29, 1.82) is 0 Å². The number of likely N-dealkylation sites (N-methyl/N-ethyl adjacent to an activating group) is 1. The van der Waals surface area contributed by atoms with Crippen LogP contribution in [-0.2, 0) is 4.84 Å². The minimum Gasteiger partial charge on any atom is -0.394 e. The largest absolute Gasteiger partial charge is 0.394 e. The standard InChI is InChI=1S/C19H20N2O.ClH/c1-21(2)13-14-22-20-19-17-9-5-3-7-15(17)11-12-16-8-4-6-10-18(16)19;/h3-12H,13-14H2,1-2H3;1H. The Balaban J connectivity index is 0.00000192. The minimum absolute atomic E-state index is 0. The molecule has 0 fully saturated rings. The number of benzene rings is 2. The molecule has 0 aliphatic heterocycles. The third-order valence-electron chi connectivity index (χ3n) is 3.66. The van der Waals surface area contributed by atoms with E-state index in [2.05, 4.69) is 46.5 Å². The summed E-state index contributed by atoms with van der Waals surface area (Å²) >= 11 is 0. The molecule has 0 unspecified atom stereocenters. The van der Waals surface area contributed by atoms with Gasteiger partial charge < -0.3 is 9.74 Å². The second kappa shape index (κ2) is 7.95. The summed E-state index contributed by atoms with van der Waals surface area (Å²) < 4.78 is 0. The van der Waals surface area contributed by atoms with Gasteiger partial charge in [-0.15, -0.1) is 12.4 Å². The summed E-state index contributed by atoms with van der Waals surface area (Å²) in [6.45, 7) is 1.42. The molecule has 0 aliphatic carbocycles. The first kappa shape index (κ1) is 17.3. The lowest BCUT2D eigenvalue weighted by molar-refractivity contribution is 0.117. The molecule has 0 saturated carbocycles. The van der Waals surface area contributed by atoms with E-state index in [0.717, 1.165) is 33.4 Å². The van der Waals surface area contributed by atoms with Crippen LogP contribution in [0.4, 0.5) is 0 Å². The Bertz CT molecular complexity index is 800. The van der Waals surface area contributed by atoms with Gasteiger partial charge in [0.15, 0.2) is 0 Å². The first-order valence-corrected chi connectivity index (χ1v) is 7.47. The van der Waals surface area contributed by atoms with Gasteiger partial charge in [-0.05, 0) is 24.9 Å². The molecule has 23 heavy (non-hydrogen) atoms. The first-order valence-electron chi connectivity index (χ1n) is 7.47. The monoisotopic (exact) mass is 328 g/mol. The predicted octanol–water partition coefficient (Wildman–Crippen LogP) is 3.81. The topological polar surface area (TPSA) is 24.8 Å². The molecule has 0 saturated heterocycles. The van der Waals surface area contributed by atoms with Gasteiger partial charge in [0.1, 0.15) is 12.0 Å². The summed E-state index contributed by atoms with van der Waals surface area (Å²) in [4.78, 5) is 7.65. The Morgan fingerprint density at radius 3 is 1.87 bits per heavy atom. The summed E-state index contributed by atoms with van der Waals surface area (Å²) in [6, 6.07) is 20.8. The molecule has 0 bridgehead atoms. The number of hydrogen-bond donors (Lipinski definition) is 0. The van der Waals surface area contributed by atoms with Crippen LogP contribution >= 0.6 is 12.4 Å². The van der Waals surface area contributed by atoms with E-state index in [-0.39, 0.29) is 12.4 Å². The third kappa shape index (κ3) is 4.01. The Labute approximate surface area is 142 Å². The molecule has 0 aromatic heterocycles. The molecule has 0 atom stereocenters. The SMILES string of the molecule is CN(C)CCON=c1c2ccccc2ccc2ccccc12.Cl. The molecule has 3 rings (SSSR count). The highest BCUT2D eigenvalue weighted by molar-refractivity contribution is 5.92. The fourth-order valence-electron chi connectivity index (χ4n) is 2.47. The highest BCUT2D eigenvalue weighted by Crippen LogP contribution is 2.15. The summed E-state index contributed by atoms with van der Waals surface area (Å²) in [7, 11) is 4.05. The molecule has 120 valence electrons. The van der Waals surface area contributed by atoms with E-state index < -0.39 is 0 Å². The lowest BCUT2D eigenvalue weighted by Gasteiger charge is -2.07. The van der Waals surface area contributed by atoms with E-state index in [1.54, 1.807) is 0 Å². The molecule has 0 spiro atoms. The van der Waals surface area contributed by atoms with Gasteiger partial charge in [-0.2, -0.15) is 0 Å². The van der Waals surface area contributed by atoms with Crippen LogP contribution in [0.5, 0.6) is 0 Å². The fraction of sp³-hybridized carbons (Fsp3) is 0.211. The number of rotatable bonds is 4. The lowest BCUT2D eigenvalue weighted by Crippen LogP contribution is -2.17. The Morgan fingerprint density at radius 2 is 1.35 bits per heavy atom. The average Bonchev–Trinajstić information content (AvgIpc) is 2.69. The van der Waals surface area contributed by atoms with Crippen molar-refractivity contribution >= 4 is 34.0 Å². The first-order chi connectivity index (χ1) is 10.8. The van der Waals surface area contributed by atoms with Gasteiger partial charge in [0, 0.05) is 17.3 Å². The van der Waals surface area contributed by atoms with Gasteiger partial charge in [-0.1, -0.05) is 65.8 Å². The van der Waals surface area contributed by atoms with Crippen LogP contribution in [-0.4, -0.2) is 32.1 Å². The molecular formula is C19H21ClN2O. The number of nitrogens with zero attached hydrogens (tertiary/aromatic N) is 2. The molecular weight excluding hydrogens is 308 g/mol. The van der Waals surface area contributed by atoms with Crippen LogP contribution in [0.2, 0.25) is 0 Å². The highest BCUT2D eigenvalue weighted by Gasteiger charge is 2.01. The van der Waals surface area contributed by atoms with Gasteiger partial charge in [0.2, 0.25) is 0 Å². The van der Waals surface area contributed by atoms with Gasteiger partial charge in [0.25, 0.3) is 0 Å². The molecule has 0 radical (unpaired) electrons. The molecule has 0 heterocycles. The van der Waals surface area contributed by atoms with E-state index in [1.165, 1.54) is 0 Å². The van der Waals surface area contributed by atoms with Crippen molar-refractivity contribution < 1.29 is 4.84 Å². The summed E-state index contributed by atoms with van der Waals surface area (Å²) in [5.74, 6) is 0. The van der Waals surface area contributed by atoms with Crippen LogP contribution in [0.1, 0.15) is 0 Å². The van der Waals surface area contributed by atoms with Crippen molar-refractivity contribution in [3.63, 3.8) is 0 Å². The second-order valence-corrected chi connectivity index (χ2v) is 5.58. The molecule has 3 nitrogen and oxygen atoms in total. The zero-order chi connectivity index (χ0) is 15.4. The maximum atomic E-state index is 5.57. The van der Waals surface area contributed by atoms with Crippen molar-refractivity contribution in [2.24, 2.45) is 5.16 Å². The zero-order valence-electron chi connectivity index (χ0n) is 13.4. The van der Waals surface area contributed by atoms with Gasteiger partial charge >= 0.3 is 0 Å². The molecule has 0 aliphatic rings. The minimum atomic E-state index is 0. The molecule has 3 aromatic rings. The van der Waals surface area contributed by atoms with E-state index in [0.29, 0.717) is 6.61 Å². The smallest absolute Gasteiger partial charge is 0.129 e. The molecule has 0 amide bonds. The maximum absolute atomic E-state index is 5.57. The lowest BCUT2D eigenvalue weighted by atomic mass is 10.1. The second-order valence-electron chi connectivity index (χ2n) is 5.58. The van der Waals surface area contributed by atoms with Crippen molar-refractivity contribution in [1.82, 2.24) is 4.90 Å². The van der Waals surface area contributed by atoms with Crippen molar-refractivity contribution in [2.75, 3.05) is 27.2 Å². The Morgan fingerprint density at radius 1 is 0.826 bits per heavy atom. The Kier molecular flexibility index (Phi) is 5.97. The molecule has 0 N–H and O–H groups in total. The fourth-order valence-corrected chi connectivity index (χ4v) is 2.47. The van der Waals surface area contributed by atoms with Gasteiger partial charge in [0.05, 0.1) is 0 Å². The number of fused-ring (bicyclic) bond motifs is 2. The van der Waals surface area contributed by atoms with E-state index >= 15 is 0 Å². The van der Waals surface area contributed by atoms with Crippen LogP contribution in [0.15, 0.2) is 65.8 Å². The highest BCUT2D eigenvalue weighted by atomic mass is 35.5. The van der Waals surface area contributed by atoms with Crippen LogP contribution in [0.3, 0.4) is 0 Å². The number of hydrogen-bond acceptors (Lipinski definition) is 3. The quantitative estimate of drug-likeness (QED) is 0.537. The van der Waals surface area contributed by atoms with Crippen molar-refractivity contribution in [2.45, 2.75) is 0 Å². The Hall–Kier alpha value is -2.10. The van der Waals surface area contributed by atoms with Gasteiger partial charge in [-0.3, -0.25) is 0 Å². The third-order valence-corrected chi connectivity index (χ3v) is 3.66. The zero-order valence-corrected chi connectivity index (χ0v) is 14.2. The van der Waals surface area contributed by atoms with Crippen molar-refractivity contribution in [3.05, 3.63) is 66.0 Å². The molecule has 4 heteroatoms. The van der Waals surface area contributed by atoms with Crippen LogP contribution in [0, 0.1) is 0 Å². The summed E-state index contributed by atoms with van der Waals surface area (Å²) in [5.41, 5.74) is 0. The predicted molar refractivity (Wildman–Crippen MR) is 98.8 cm³/mol. The summed E-state index contributed by atoms with van der Waals surface area (Å²) in [6.07, 6.45) is 0. The van der Waals surface area contributed by atoms with Gasteiger partial charge in [-0.25, -0.2) is 0 Å². The maximum Gasteiger partial charge on any atom is 0.129 e. The van der Waals surface area contributed by atoms with E-state index in [9.17, 15) is 0 Å². The van der Waals surface area contributed by atoms with Crippen LogP contribution < -0.4 is 5.36 Å². The van der Waals surface area contributed by atoms with Crippen molar-refractivity contribution in [3.8, 4) is 0 Å². The van der Waals surface area contributed by atoms with Crippen LogP contribution in [0.25, 0.3) is 21.5 Å². The van der Waals surface area contributed by atoms with E-state index in [1.807, 2.05) is 38.4 Å². The van der Waals surface area contributed by atoms with E-state index in [4.69, 9.17) is 4.84 Å². The number of halogens is 1. The summed E-state index contributed by atoms with van der Waals surface area (Å²) in [5, 5.41) is 9.88. The normalized spacial score (nSPS) is 10.6. The average molecular weight is 329 g/mol.